The van der Waals surface area contributed by atoms with E-state index in [-0.39, 0.29) is 0 Å². The number of benzene rings is 1. The normalized spacial score (nSPS) is 11.1. The maximum atomic E-state index is 6.02. The molecule has 16 heavy (non-hydrogen) atoms. The van der Waals surface area contributed by atoms with E-state index in [9.17, 15) is 0 Å². The number of halogens is 1. The van der Waals surface area contributed by atoms with Crippen LogP contribution in [0.25, 0.3) is 12.2 Å². The van der Waals surface area contributed by atoms with Gasteiger partial charge in [0.25, 0.3) is 0 Å². The van der Waals surface area contributed by atoms with Crippen LogP contribution in [0, 0.1) is 0 Å². The van der Waals surface area contributed by atoms with E-state index in [0.29, 0.717) is 0 Å². The van der Waals surface area contributed by atoms with Crippen molar-refractivity contribution in [3.05, 3.63) is 46.7 Å². The predicted octanol–water partition coefficient (Wildman–Crippen LogP) is 4.22. The zero-order chi connectivity index (χ0) is 11.4. The van der Waals surface area contributed by atoms with Gasteiger partial charge in [0.1, 0.15) is 5.03 Å². The zero-order valence-electron chi connectivity index (χ0n) is 8.68. The van der Waals surface area contributed by atoms with Crippen molar-refractivity contribution in [1.82, 2.24) is 5.16 Å². The smallest absolute Gasteiger partial charge is 0.160 e. The molecule has 0 aliphatic carbocycles. The van der Waals surface area contributed by atoms with Gasteiger partial charge in [-0.1, -0.05) is 35.0 Å². The third kappa shape index (κ3) is 2.68. The topological polar surface area (TPSA) is 26.0 Å². The molecule has 0 unspecified atom stereocenters. The van der Waals surface area contributed by atoms with Gasteiger partial charge in [-0.15, -0.1) is 11.8 Å². The van der Waals surface area contributed by atoms with Gasteiger partial charge in [-0.05, 0) is 30.0 Å². The highest BCUT2D eigenvalue weighted by Gasteiger charge is 1.99. The first kappa shape index (κ1) is 11.3. The third-order valence-electron chi connectivity index (χ3n) is 2.05. The second-order valence-electron chi connectivity index (χ2n) is 3.13. The van der Waals surface area contributed by atoms with Gasteiger partial charge >= 0.3 is 0 Å². The van der Waals surface area contributed by atoms with Crippen molar-refractivity contribution in [3.8, 4) is 0 Å². The number of hydrogen-bond donors (Lipinski definition) is 0. The molecule has 0 bridgehead atoms. The maximum Gasteiger partial charge on any atom is 0.160 e. The van der Waals surface area contributed by atoms with E-state index >= 15 is 0 Å². The first-order chi connectivity index (χ1) is 7.79. The molecule has 2 aromatic rings. The molecular weight excluding hydrogens is 242 g/mol. The van der Waals surface area contributed by atoms with Crippen molar-refractivity contribution in [2.45, 2.75) is 5.03 Å². The molecule has 2 rings (SSSR count). The van der Waals surface area contributed by atoms with Crippen LogP contribution in [0.2, 0.25) is 5.02 Å². The van der Waals surface area contributed by atoms with Crippen LogP contribution in [0.5, 0.6) is 0 Å². The highest BCUT2D eigenvalue weighted by Crippen LogP contribution is 2.19. The van der Waals surface area contributed by atoms with E-state index in [1.165, 1.54) is 0 Å². The first-order valence-electron chi connectivity index (χ1n) is 4.73. The van der Waals surface area contributed by atoms with Gasteiger partial charge in [-0.3, -0.25) is 0 Å². The summed E-state index contributed by atoms with van der Waals surface area (Å²) in [6.07, 6.45) is 5.72. The zero-order valence-corrected chi connectivity index (χ0v) is 10.3. The van der Waals surface area contributed by atoms with E-state index in [0.717, 1.165) is 21.4 Å². The SMILES string of the molecule is CSc1cc(/C=C/c2ccccc2Cl)on1. The highest BCUT2D eigenvalue weighted by molar-refractivity contribution is 7.98. The van der Waals surface area contributed by atoms with Crippen LogP contribution in [0.1, 0.15) is 11.3 Å². The highest BCUT2D eigenvalue weighted by atomic mass is 35.5. The number of aromatic nitrogens is 1. The van der Waals surface area contributed by atoms with Crippen molar-refractivity contribution >= 4 is 35.5 Å². The van der Waals surface area contributed by atoms with Crippen molar-refractivity contribution in [2.24, 2.45) is 0 Å². The van der Waals surface area contributed by atoms with Crippen LogP contribution in [-0.2, 0) is 0 Å². The number of hydrogen-bond acceptors (Lipinski definition) is 3. The Morgan fingerprint density at radius 3 is 2.81 bits per heavy atom. The lowest BCUT2D eigenvalue weighted by atomic mass is 10.2. The molecule has 1 aromatic carbocycles. The molecule has 4 heteroatoms. The van der Waals surface area contributed by atoms with Gasteiger partial charge in [0.15, 0.2) is 5.76 Å². The molecule has 0 saturated carbocycles. The quantitative estimate of drug-likeness (QED) is 0.764. The fourth-order valence-electron chi connectivity index (χ4n) is 1.23. The monoisotopic (exact) mass is 251 g/mol. The van der Waals surface area contributed by atoms with Crippen LogP contribution in [0.3, 0.4) is 0 Å². The fraction of sp³-hybridized carbons (Fsp3) is 0.0833. The average molecular weight is 252 g/mol. The van der Waals surface area contributed by atoms with Crippen LogP contribution >= 0.6 is 23.4 Å². The van der Waals surface area contributed by atoms with Crippen LogP contribution < -0.4 is 0 Å². The molecular formula is C12H10ClNOS. The molecule has 82 valence electrons. The van der Waals surface area contributed by atoms with Gasteiger partial charge in [0.05, 0.1) is 0 Å². The van der Waals surface area contributed by atoms with Gasteiger partial charge in [0, 0.05) is 11.1 Å². The lowest BCUT2D eigenvalue weighted by molar-refractivity contribution is 0.398. The minimum atomic E-state index is 0.725. The summed E-state index contributed by atoms with van der Waals surface area (Å²) >= 11 is 7.57. The van der Waals surface area contributed by atoms with E-state index in [2.05, 4.69) is 5.16 Å². The molecule has 0 N–H and O–H groups in total. The fourth-order valence-corrected chi connectivity index (χ4v) is 1.77. The van der Waals surface area contributed by atoms with E-state index < -0.39 is 0 Å². The first-order valence-corrected chi connectivity index (χ1v) is 6.33. The summed E-state index contributed by atoms with van der Waals surface area (Å²) in [5, 5.41) is 5.47. The minimum Gasteiger partial charge on any atom is -0.356 e. The molecule has 0 aliphatic rings. The molecule has 0 saturated heterocycles. The molecule has 0 atom stereocenters. The Kier molecular flexibility index (Phi) is 3.70. The predicted molar refractivity (Wildman–Crippen MR) is 68.7 cm³/mol. The second-order valence-corrected chi connectivity index (χ2v) is 4.36. The van der Waals surface area contributed by atoms with Gasteiger partial charge in [-0.2, -0.15) is 0 Å². The Hall–Kier alpha value is -1.19. The third-order valence-corrected chi connectivity index (χ3v) is 3.00. The van der Waals surface area contributed by atoms with Crippen molar-refractivity contribution in [2.75, 3.05) is 6.26 Å². The summed E-state index contributed by atoms with van der Waals surface area (Å²) in [5.74, 6) is 0.726. The molecule has 0 aliphatic heterocycles. The summed E-state index contributed by atoms with van der Waals surface area (Å²) in [5.41, 5.74) is 0.964. The summed E-state index contributed by atoms with van der Waals surface area (Å²) in [6, 6.07) is 9.54. The molecule has 2 nitrogen and oxygen atoms in total. The standard InChI is InChI=1S/C12H10ClNOS/c1-16-12-8-10(15-14-12)7-6-9-4-2-3-5-11(9)13/h2-8H,1H3/b7-6+. The number of rotatable bonds is 3. The van der Waals surface area contributed by atoms with Crippen molar-refractivity contribution in [1.29, 1.82) is 0 Å². The Morgan fingerprint density at radius 2 is 2.12 bits per heavy atom. The van der Waals surface area contributed by atoms with Crippen LogP contribution in [-0.4, -0.2) is 11.4 Å². The Labute approximate surface area is 103 Å². The summed E-state index contributed by atoms with van der Waals surface area (Å²) in [6.45, 7) is 0. The Morgan fingerprint density at radius 1 is 1.31 bits per heavy atom. The van der Waals surface area contributed by atoms with E-state index in [1.54, 1.807) is 11.8 Å². The molecule has 0 fully saturated rings. The largest absolute Gasteiger partial charge is 0.356 e. The lowest BCUT2D eigenvalue weighted by Gasteiger charge is -1.94. The number of thioether (sulfide) groups is 1. The van der Waals surface area contributed by atoms with Gasteiger partial charge in [0.2, 0.25) is 0 Å². The molecule has 1 aromatic heterocycles. The second kappa shape index (κ2) is 5.23. The molecule has 0 spiro atoms. The maximum absolute atomic E-state index is 6.02. The summed E-state index contributed by atoms with van der Waals surface area (Å²) in [4.78, 5) is 0. The molecule has 0 radical (unpaired) electrons. The summed E-state index contributed by atoms with van der Waals surface area (Å²) in [7, 11) is 0. The molecule has 0 amide bonds. The minimum absolute atomic E-state index is 0.725. The van der Waals surface area contributed by atoms with Crippen molar-refractivity contribution < 1.29 is 4.52 Å². The lowest BCUT2D eigenvalue weighted by Crippen LogP contribution is -1.72. The van der Waals surface area contributed by atoms with E-state index in [1.807, 2.05) is 48.7 Å². The van der Waals surface area contributed by atoms with E-state index in [4.69, 9.17) is 16.1 Å². The Balaban J connectivity index is 2.18. The molecule has 1 heterocycles. The van der Waals surface area contributed by atoms with Crippen molar-refractivity contribution in [3.63, 3.8) is 0 Å². The average Bonchev–Trinajstić information content (AvgIpc) is 2.76. The van der Waals surface area contributed by atoms with Gasteiger partial charge < -0.3 is 4.52 Å². The van der Waals surface area contributed by atoms with Crippen LogP contribution in [0.4, 0.5) is 0 Å². The summed E-state index contributed by atoms with van der Waals surface area (Å²) < 4.78 is 5.12. The van der Waals surface area contributed by atoms with Gasteiger partial charge in [-0.25, -0.2) is 0 Å². The number of nitrogens with zero attached hydrogens (tertiary/aromatic N) is 1. The Bertz CT molecular complexity index is 507. The van der Waals surface area contributed by atoms with Crippen LogP contribution in [0.15, 0.2) is 39.9 Å².